The van der Waals surface area contributed by atoms with Crippen molar-refractivity contribution in [2.45, 2.75) is 4.90 Å². The molecule has 2 aromatic rings. The second kappa shape index (κ2) is 7.27. The van der Waals surface area contributed by atoms with Crippen LogP contribution in [-0.2, 0) is 10.0 Å². The van der Waals surface area contributed by atoms with E-state index in [0.29, 0.717) is 0 Å². The van der Waals surface area contributed by atoms with Gasteiger partial charge in [0.2, 0.25) is 10.0 Å². The van der Waals surface area contributed by atoms with Crippen LogP contribution in [0.3, 0.4) is 0 Å². The Morgan fingerprint density at radius 2 is 1.74 bits per heavy atom. The van der Waals surface area contributed by atoms with Gasteiger partial charge in [-0.15, -0.1) is 0 Å². The van der Waals surface area contributed by atoms with Gasteiger partial charge in [-0.2, -0.15) is 4.72 Å². The number of benzene rings is 2. The van der Waals surface area contributed by atoms with Gasteiger partial charge in [-0.05, 0) is 36.4 Å². The average molecular weight is 332 g/mol. The molecule has 23 heavy (non-hydrogen) atoms. The standard InChI is InChI=1S/C17H17FN2O2S/c1-20(2)15-11-9-14(10-12-15)6-5-13-19-23(21,22)17-8-4-3-7-16(17)18/h3-4,7-12,19H,13H2,1-2H3. The van der Waals surface area contributed by atoms with E-state index in [2.05, 4.69) is 16.6 Å². The molecular formula is C17H17FN2O2S. The average Bonchev–Trinajstić information content (AvgIpc) is 2.52. The summed E-state index contributed by atoms with van der Waals surface area (Å²) >= 11 is 0. The van der Waals surface area contributed by atoms with Gasteiger partial charge >= 0.3 is 0 Å². The minimum Gasteiger partial charge on any atom is -0.378 e. The van der Waals surface area contributed by atoms with Gasteiger partial charge in [0.05, 0.1) is 6.54 Å². The lowest BCUT2D eigenvalue weighted by molar-refractivity contribution is 0.560. The smallest absolute Gasteiger partial charge is 0.244 e. The maximum absolute atomic E-state index is 13.5. The molecule has 0 bridgehead atoms. The summed E-state index contributed by atoms with van der Waals surface area (Å²) in [7, 11) is -0.0122. The van der Waals surface area contributed by atoms with E-state index in [9.17, 15) is 12.8 Å². The zero-order chi connectivity index (χ0) is 16.9. The molecule has 0 heterocycles. The maximum atomic E-state index is 13.5. The molecule has 0 radical (unpaired) electrons. The largest absolute Gasteiger partial charge is 0.378 e. The van der Waals surface area contributed by atoms with Gasteiger partial charge in [0.15, 0.2) is 0 Å². The second-order valence-electron chi connectivity index (χ2n) is 5.00. The Labute approximate surface area is 136 Å². The lowest BCUT2D eigenvalue weighted by Crippen LogP contribution is -2.24. The molecular weight excluding hydrogens is 315 g/mol. The van der Waals surface area contributed by atoms with Crippen LogP contribution < -0.4 is 9.62 Å². The highest BCUT2D eigenvalue weighted by atomic mass is 32.2. The van der Waals surface area contributed by atoms with Crippen molar-refractivity contribution in [1.82, 2.24) is 4.72 Å². The molecule has 1 N–H and O–H groups in total. The zero-order valence-corrected chi connectivity index (χ0v) is 13.7. The minimum absolute atomic E-state index is 0.0912. The molecule has 4 nitrogen and oxygen atoms in total. The summed E-state index contributed by atoms with van der Waals surface area (Å²) in [4.78, 5) is 1.59. The monoisotopic (exact) mass is 332 g/mol. The summed E-state index contributed by atoms with van der Waals surface area (Å²) in [6, 6.07) is 12.8. The quantitative estimate of drug-likeness (QED) is 0.874. The van der Waals surface area contributed by atoms with Gasteiger partial charge in [0, 0.05) is 25.3 Å². The highest BCUT2D eigenvalue weighted by Crippen LogP contribution is 2.13. The number of hydrogen-bond acceptors (Lipinski definition) is 3. The molecule has 0 atom stereocenters. The van der Waals surface area contributed by atoms with Crippen molar-refractivity contribution in [2.75, 3.05) is 25.5 Å². The topological polar surface area (TPSA) is 49.4 Å². The van der Waals surface area contributed by atoms with Crippen molar-refractivity contribution in [2.24, 2.45) is 0 Å². The zero-order valence-electron chi connectivity index (χ0n) is 12.9. The van der Waals surface area contributed by atoms with Crippen LogP contribution in [0.1, 0.15) is 5.56 Å². The summed E-state index contributed by atoms with van der Waals surface area (Å²) < 4.78 is 39.7. The van der Waals surface area contributed by atoms with Gasteiger partial charge in [0.1, 0.15) is 10.7 Å². The molecule has 2 aromatic carbocycles. The Morgan fingerprint density at radius 3 is 2.35 bits per heavy atom. The van der Waals surface area contributed by atoms with E-state index in [1.54, 1.807) is 0 Å². The van der Waals surface area contributed by atoms with Gasteiger partial charge in [0.25, 0.3) is 0 Å². The normalized spacial score (nSPS) is 10.7. The Balaban J connectivity index is 2.01. The molecule has 0 aromatic heterocycles. The molecule has 0 unspecified atom stereocenters. The van der Waals surface area contributed by atoms with E-state index < -0.39 is 15.8 Å². The van der Waals surface area contributed by atoms with Gasteiger partial charge in [-0.25, -0.2) is 12.8 Å². The van der Waals surface area contributed by atoms with Crippen LogP contribution in [0.15, 0.2) is 53.4 Å². The lowest BCUT2D eigenvalue weighted by atomic mass is 10.2. The number of sulfonamides is 1. The summed E-state index contributed by atoms with van der Waals surface area (Å²) in [5.74, 6) is 4.79. The van der Waals surface area contributed by atoms with Crippen LogP contribution >= 0.6 is 0 Å². The van der Waals surface area contributed by atoms with E-state index in [-0.39, 0.29) is 11.4 Å². The predicted molar refractivity (Wildman–Crippen MR) is 89.2 cm³/mol. The summed E-state index contributed by atoms with van der Waals surface area (Å²) in [5, 5.41) is 0. The number of anilines is 1. The van der Waals surface area contributed by atoms with Gasteiger partial charge < -0.3 is 4.90 Å². The third kappa shape index (κ3) is 4.55. The SMILES string of the molecule is CN(C)c1ccc(C#CCNS(=O)(=O)c2ccccc2F)cc1. The van der Waals surface area contributed by atoms with Crippen LogP contribution in [0.25, 0.3) is 0 Å². The molecule has 2 rings (SSSR count). The van der Waals surface area contributed by atoms with Gasteiger partial charge in [-0.1, -0.05) is 24.0 Å². The van der Waals surface area contributed by atoms with Crippen molar-refractivity contribution in [1.29, 1.82) is 0 Å². The summed E-state index contributed by atoms with van der Waals surface area (Å²) in [5.41, 5.74) is 1.83. The third-order valence-corrected chi connectivity index (χ3v) is 4.53. The van der Waals surface area contributed by atoms with Crippen LogP contribution in [0.2, 0.25) is 0 Å². The number of halogens is 1. The van der Waals surface area contributed by atoms with Crippen molar-refractivity contribution in [3.63, 3.8) is 0 Å². The maximum Gasteiger partial charge on any atom is 0.244 e. The summed E-state index contributed by atoms with van der Waals surface area (Å²) in [6.45, 7) is -0.0912. The van der Waals surface area contributed by atoms with Crippen molar-refractivity contribution < 1.29 is 12.8 Å². The second-order valence-corrected chi connectivity index (χ2v) is 6.73. The summed E-state index contributed by atoms with van der Waals surface area (Å²) in [6.07, 6.45) is 0. The Bertz CT molecular complexity index is 835. The van der Waals surface area contributed by atoms with E-state index >= 15 is 0 Å². The van der Waals surface area contributed by atoms with Crippen molar-refractivity contribution in [3.8, 4) is 11.8 Å². The molecule has 120 valence electrons. The van der Waals surface area contributed by atoms with Crippen LogP contribution in [-0.4, -0.2) is 29.1 Å². The number of rotatable bonds is 4. The molecule has 0 spiro atoms. The lowest BCUT2D eigenvalue weighted by Gasteiger charge is -2.11. The molecule has 0 aliphatic heterocycles. The number of nitrogens with zero attached hydrogens (tertiary/aromatic N) is 1. The number of nitrogens with one attached hydrogen (secondary N) is 1. The Kier molecular flexibility index (Phi) is 5.37. The molecule has 0 aliphatic rings. The van der Waals surface area contributed by atoms with E-state index in [0.717, 1.165) is 17.3 Å². The first-order valence-electron chi connectivity index (χ1n) is 6.90. The highest BCUT2D eigenvalue weighted by Gasteiger charge is 2.16. The fraction of sp³-hybridized carbons (Fsp3) is 0.176. The molecule has 0 amide bonds. The molecule has 0 aliphatic carbocycles. The highest BCUT2D eigenvalue weighted by molar-refractivity contribution is 7.89. The van der Waals surface area contributed by atoms with Crippen LogP contribution in [0, 0.1) is 17.7 Å². The first kappa shape index (κ1) is 17.0. The van der Waals surface area contributed by atoms with Crippen molar-refractivity contribution in [3.05, 3.63) is 59.9 Å². The van der Waals surface area contributed by atoms with Crippen molar-refractivity contribution >= 4 is 15.7 Å². The predicted octanol–water partition coefficient (Wildman–Crippen LogP) is 2.22. The fourth-order valence-corrected chi connectivity index (χ4v) is 2.86. The number of hydrogen-bond donors (Lipinski definition) is 1. The third-order valence-electron chi connectivity index (χ3n) is 3.09. The molecule has 0 fully saturated rings. The Hall–Kier alpha value is -2.36. The first-order chi connectivity index (χ1) is 10.9. The van der Waals surface area contributed by atoms with Crippen LogP contribution in [0.5, 0.6) is 0 Å². The van der Waals surface area contributed by atoms with Crippen LogP contribution in [0.4, 0.5) is 10.1 Å². The molecule has 0 saturated heterocycles. The van der Waals surface area contributed by atoms with E-state index in [1.165, 1.54) is 18.2 Å². The molecule has 6 heteroatoms. The fourth-order valence-electron chi connectivity index (χ4n) is 1.86. The van der Waals surface area contributed by atoms with E-state index in [1.807, 2.05) is 43.3 Å². The molecule has 0 saturated carbocycles. The minimum atomic E-state index is -3.90. The van der Waals surface area contributed by atoms with E-state index in [4.69, 9.17) is 0 Å². The van der Waals surface area contributed by atoms with Gasteiger partial charge in [-0.3, -0.25) is 0 Å². The Morgan fingerprint density at radius 1 is 1.09 bits per heavy atom. The first-order valence-corrected chi connectivity index (χ1v) is 8.39.